The van der Waals surface area contributed by atoms with Gasteiger partial charge in [-0.15, -0.1) is 0 Å². The number of nitrogens with zero attached hydrogens (tertiary/aromatic N) is 1. The molecule has 0 saturated carbocycles. The molecule has 6 nitrogen and oxygen atoms in total. The number of hydrogen-bond donors (Lipinski definition) is 1. The monoisotopic (exact) mass is 504 g/mol. The molecule has 0 bridgehead atoms. The molecule has 0 aliphatic rings. The van der Waals surface area contributed by atoms with Gasteiger partial charge >= 0.3 is 5.97 Å². The van der Waals surface area contributed by atoms with Crippen LogP contribution < -0.4 is 10.1 Å². The van der Waals surface area contributed by atoms with E-state index in [-0.39, 0.29) is 12.2 Å². The lowest BCUT2D eigenvalue weighted by Crippen LogP contribution is -2.13. The van der Waals surface area contributed by atoms with Crippen molar-refractivity contribution < 1.29 is 19.1 Å². The second kappa shape index (κ2) is 11.7. The van der Waals surface area contributed by atoms with Gasteiger partial charge in [0.1, 0.15) is 24.0 Å². The second-order valence-electron chi connectivity index (χ2n) is 6.87. The quantitative estimate of drug-likeness (QED) is 0.239. The Balaban J connectivity index is 1.72. The lowest BCUT2D eigenvalue weighted by Gasteiger charge is -2.10. The molecule has 0 unspecified atom stereocenters. The van der Waals surface area contributed by atoms with Crippen molar-refractivity contribution in [3.05, 3.63) is 99.5 Å². The molecule has 0 aliphatic heterocycles. The Bertz CT molecular complexity index is 1200. The highest BCUT2D eigenvalue weighted by Gasteiger charge is 2.12. The van der Waals surface area contributed by atoms with Gasteiger partial charge in [-0.2, -0.15) is 5.26 Å². The van der Waals surface area contributed by atoms with E-state index >= 15 is 0 Å². The highest BCUT2D eigenvalue weighted by atomic mass is 79.9. The Hall–Kier alpha value is -3.89. The maximum absolute atomic E-state index is 12.7. The van der Waals surface area contributed by atoms with Gasteiger partial charge in [0.15, 0.2) is 0 Å². The molecule has 0 saturated heterocycles. The minimum absolute atomic E-state index is 0.0795. The molecule has 33 heavy (non-hydrogen) atoms. The van der Waals surface area contributed by atoms with Gasteiger partial charge in [-0.25, -0.2) is 4.79 Å². The molecule has 0 aliphatic carbocycles. The third kappa shape index (κ3) is 6.79. The number of amides is 1. The van der Waals surface area contributed by atoms with Crippen LogP contribution in [0.4, 0.5) is 5.69 Å². The van der Waals surface area contributed by atoms with Crippen LogP contribution in [-0.4, -0.2) is 18.5 Å². The summed E-state index contributed by atoms with van der Waals surface area (Å²) in [7, 11) is 0. The Morgan fingerprint density at radius 2 is 1.73 bits per heavy atom. The molecular weight excluding hydrogens is 484 g/mol. The summed E-state index contributed by atoms with van der Waals surface area (Å²) in [5.74, 6) is -0.448. The van der Waals surface area contributed by atoms with Crippen molar-refractivity contribution in [1.29, 1.82) is 5.26 Å². The fourth-order valence-corrected chi connectivity index (χ4v) is 3.14. The molecule has 0 fully saturated rings. The fourth-order valence-electron chi connectivity index (χ4n) is 2.88. The summed E-state index contributed by atoms with van der Waals surface area (Å²) < 4.78 is 11.8. The Labute approximate surface area is 200 Å². The van der Waals surface area contributed by atoms with Gasteiger partial charge in [0.05, 0.1) is 12.2 Å². The van der Waals surface area contributed by atoms with Gasteiger partial charge in [0.2, 0.25) is 0 Å². The number of hydrogen-bond acceptors (Lipinski definition) is 5. The van der Waals surface area contributed by atoms with Gasteiger partial charge < -0.3 is 14.8 Å². The van der Waals surface area contributed by atoms with E-state index in [2.05, 4.69) is 21.2 Å². The fraction of sp³-hybridized carbons (Fsp3) is 0.115. The summed E-state index contributed by atoms with van der Waals surface area (Å²) >= 11 is 3.40. The predicted octanol–water partition coefficient (Wildman–Crippen LogP) is 5.75. The van der Waals surface area contributed by atoms with Crippen LogP contribution in [0.25, 0.3) is 6.08 Å². The van der Waals surface area contributed by atoms with Gasteiger partial charge in [0.25, 0.3) is 5.91 Å². The zero-order valence-electron chi connectivity index (χ0n) is 17.9. The number of ether oxygens (including phenoxy) is 2. The second-order valence-corrected chi connectivity index (χ2v) is 7.79. The van der Waals surface area contributed by atoms with Crippen molar-refractivity contribution in [2.75, 3.05) is 11.9 Å². The average molecular weight is 505 g/mol. The first-order valence-electron chi connectivity index (χ1n) is 10.2. The van der Waals surface area contributed by atoms with Crippen molar-refractivity contribution >= 4 is 39.6 Å². The molecule has 3 aromatic carbocycles. The van der Waals surface area contributed by atoms with Gasteiger partial charge in [-0.05, 0) is 61.0 Å². The topological polar surface area (TPSA) is 88.4 Å². The van der Waals surface area contributed by atoms with Gasteiger partial charge in [-0.1, -0.05) is 46.3 Å². The molecule has 7 heteroatoms. The first-order chi connectivity index (χ1) is 16.0. The summed E-state index contributed by atoms with van der Waals surface area (Å²) in [6, 6.07) is 23.1. The van der Waals surface area contributed by atoms with Crippen LogP contribution in [0.5, 0.6) is 5.75 Å². The number of para-hydroxylation sites is 1. The van der Waals surface area contributed by atoms with Gasteiger partial charge in [-0.3, -0.25) is 4.79 Å². The van der Waals surface area contributed by atoms with E-state index < -0.39 is 11.9 Å². The highest BCUT2D eigenvalue weighted by molar-refractivity contribution is 9.10. The maximum Gasteiger partial charge on any atom is 0.338 e. The molecule has 1 N–H and O–H groups in total. The van der Waals surface area contributed by atoms with E-state index in [9.17, 15) is 14.9 Å². The number of esters is 1. The number of nitriles is 1. The van der Waals surface area contributed by atoms with E-state index in [1.807, 2.05) is 36.4 Å². The van der Waals surface area contributed by atoms with Crippen LogP contribution in [0.2, 0.25) is 0 Å². The van der Waals surface area contributed by atoms with Crippen LogP contribution in [-0.2, 0) is 16.1 Å². The number of nitrogens with one attached hydrogen (secondary N) is 1. The number of rotatable bonds is 8. The SMILES string of the molecule is CCOC(=O)c1ccc(NC(=O)/C(C#N)=C/c2ccccc2OCc2ccc(Br)cc2)cc1. The molecule has 0 atom stereocenters. The molecule has 166 valence electrons. The van der Waals surface area contributed by atoms with E-state index in [1.165, 1.54) is 6.08 Å². The molecule has 0 radical (unpaired) electrons. The summed E-state index contributed by atoms with van der Waals surface area (Å²) in [6.07, 6.45) is 1.49. The van der Waals surface area contributed by atoms with Crippen LogP contribution >= 0.6 is 15.9 Å². The largest absolute Gasteiger partial charge is 0.488 e. The van der Waals surface area contributed by atoms with Crippen LogP contribution in [0.1, 0.15) is 28.4 Å². The summed E-state index contributed by atoms with van der Waals surface area (Å²) in [4.78, 5) is 24.4. The molecule has 3 aromatic rings. The predicted molar refractivity (Wildman–Crippen MR) is 130 cm³/mol. The normalized spacial score (nSPS) is 10.8. The Kier molecular flexibility index (Phi) is 8.39. The van der Waals surface area contributed by atoms with Gasteiger partial charge in [0, 0.05) is 15.7 Å². The average Bonchev–Trinajstić information content (AvgIpc) is 2.83. The van der Waals surface area contributed by atoms with E-state index in [0.29, 0.717) is 29.2 Å². The highest BCUT2D eigenvalue weighted by Crippen LogP contribution is 2.23. The Morgan fingerprint density at radius 1 is 1.03 bits per heavy atom. The van der Waals surface area contributed by atoms with Crippen molar-refractivity contribution in [2.24, 2.45) is 0 Å². The molecule has 0 heterocycles. The minimum Gasteiger partial charge on any atom is -0.488 e. The summed E-state index contributed by atoms with van der Waals surface area (Å²) in [5, 5.41) is 12.2. The van der Waals surface area contributed by atoms with Crippen LogP contribution in [0, 0.1) is 11.3 Å². The Morgan fingerprint density at radius 3 is 2.39 bits per heavy atom. The molecular formula is C26H21BrN2O4. The zero-order valence-corrected chi connectivity index (χ0v) is 19.5. The van der Waals surface area contributed by atoms with E-state index in [1.54, 1.807) is 49.4 Å². The molecule has 1 amide bonds. The van der Waals surface area contributed by atoms with Crippen molar-refractivity contribution in [1.82, 2.24) is 0 Å². The standard InChI is InChI=1S/C26H21BrN2O4/c1-2-32-26(31)19-9-13-23(14-10-19)29-25(30)21(16-28)15-20-5-3-4-6-24(20)33-17-18-7-11-22(27)12-8-18/h3-15H,2,17H2,1H3,(H,29,30)/b21-15+. The van der Waals surface area contributed by atoms with E-state index in [4.69, 9.17) is 9.47 Å². The molecule has 3 rings (SSSR count). The lowest BCUT2D eigenvalue weighted by molar-refractivity contribution is -0.112. The smallest absolute Gasteiger partial charge is 0.338 e. The lowest BCUT2D eigenvalue weighted by atomic mass is 10.1. The first-order valence-corrected chi connectivity index (χ1v) is 11.0. The molecule has 0 spiro atoms. The number of carbonyl (C=O) groups is 2. The van der Waals surface area contributed by atoms with Crippen LogP contribution in [0.3, 0.4) is 0 Å². The zero-order chi connectivity index (χ0) is 23.6. The molecule has 0 aromatic heterocycles. The third-order valence-corrected chi connectivity index (χ3v) is 5.07. The summed E-state index contributed by atoms with van der Waals surface area (Å²) in [6.45, 7) is 2.35. The van der Waals surface area contributed by atoms with Crippen molar-refractivity contribution in [3.8, 4) is 11.8 Å². The third-order valence-electron chi connectivity index (χ3n) is 4.55. The number of halogens is 1. The van der Waals surface area contributed by atoms with Crippen molar-refractivity contribution in [3.63, 3.8) is 0 Å². The summed E-state index contributed by atoms with van der Waals surface area (Å²) in [5.41, 5.74) is 2.35. The minimum atomic E-state index is -0.566. The number of benzene rings is 3. The number of anilines is 1. The first kappa shape index (κ1) is 23.8. The maximum atomic E-state index is 12.7. The van der Waals surface area contributed by atoms with Crippen molar-refractivity contribution in [2.45, 2.75) is 13.5 Å². The van der Waals surface area contributed by atoms with E-state index in [0.717, 1.165) is 10.0 Å². The number of carbonyl (C=O) groups excluding carboxylic acids is 2. The van der Waals surface area contributed by atoms with Crippen LogP contribution in [0.15, 0.2) is 82.8 Å².